The monoisotopic (exact) mass is 1430 g/mol. The van der Waals surface area contributed by atoms with Gasteiger partial charge >= 0.3 is 33.6 Å². The topological polar surface area (TPSA) is 231 Å². The van der Waals surface area contributed by atoms with Crippen LogP contribution in [0.1, 0.15) is 303 Å². The summed E-state index contributed by atoms with van der Waals surface area (Å²) in [5.41, 5.74) is 0. The van der Waals surface area contributed by atoms with Crippen LogP contribution in [0.25, 0.3) is 0 Å². The Hall–Kier alpha value is -4.31. The van der Waals surface area contributed by atoms with Gasteiger partial charge in [0, 0.05) is 19.3 Å². The molecule has 0 aromatic carbocycles. The molecule has 5 unspecified atom stereocenters. The van der Waals surface area contributed by atoms with E-state index in [0.29, 0.717) is 19.3 Å². The van der Waals surface area contributed by atoms with E-state index < -0.39 is 91.5 Å². The van der Waals surface area contributed by atoms with Gasteiger partial charge in [0.1, 0.15) is 25.4 Å². The summed E-state index contributed by atoms with van der Waals surface area (Å²) in [7, 11) is -9.80. The first kappa shape index (κ1) is 94.7. The fourth-order valence-electron chi connectivity index (χ4n) is 9.96. The van der Waals surface area contributed by atoms with Crippen molar-refractivity contribution in [1.29, 1.82) is 0 Å². The summed E-state index contributed by atoms with van der Waals surface area (Å²) in [4.78, 5) is 58.6. The van der Waals surface area contributed by atoms with E-state index in [1.54, 1.807) is 0 Å². The second-order valence-electron chi connectivity index (χ2n) is 25.4. The first-order valence-electron chi connectivity index (χ1n) is 38.5. The molecule has 568 valence electrons. The lowest BCUT2D eigenvalue weighted by atomic mass is 10.1. The maximum Gasteiger partial charge on any atom is 0.472 e. The van der Waals surface area contributed by atoms with Crippen molar-refractivity contribution in [2.24, 2.45) is 0 Å². The zero-order valence-corrected chi connectivity index (χ0v) is 63.7. The molecule has 0 aromatic heterocycles. The highest BCUT2D eigenvalue weighted by atomic mass is 31.2. The van der Waals surface area contributed by atoms with Crippen LogP contribution >= 0.6 is 15.6 Å². The third-order valence-electron chi connectivity index (χ3n) is 15.8. The van der Waals surface area contributed by atoms with Crippen molar-refractivity contribution >= 4 is 33.6 Å². The number of esters is 3. The molecule has 18 heteroatoms. The number of aliphatic hydroxyl groups excluding tert-OH is 2. The zero-order valence-electron chi connectivity index (χ0n) is 61.9. The molecule has 0 spiro atoms. The highest BCUT2D eigenvalue weighted by Gasteiger charge is 2.29. The summed E-state index contributed by atoms with van der Waals surface area (Å²) in [6.07, 6.45) is 87.7. The van der Waals surface area contributed by atoms with Crippen LogP contribution in [-0.4, -0.2) is 95.9 Å². The van der Waals surface area contributed by atoms with Crippen LogP contribution < -0.4 is 0 Å². The minimum atomic E-state index is -4.94. The molecule has 0 bridgehead atoms. The minimum absolute atomic E-state index is 0.0830. The molecule has 0 radical (unpaired) electrons. The fraction of sp³-hybridized carbons (Fsp3) is 0.691. The van der Waals surface area contributed by atoms with Gasteiger partial charge in [0.25, 0.3) is 0 Å². The molecule has 0 saturated carbocycles. The van der Waals surface area contributed by atoms with Crippen LogP contribution in [0, 0.1) is 0 Å². The van der Waals surface area contributed by atoms with Crippen molar-refractivity contribution < 1.29 is 75.8 Å². The first-order chi connectivity index (χ1) is 48.2. The normalized spacial score (nSPS) is 14.8. The third-order valence-corrected chi connectivity index (χ3v) is 17.7. The van der Waals surface area contributed by atoms with Crippen molar-refractivity contribution in [3.05, 3.63) is 134 Å². The van der Waals surface area contributed by atoms with E-state index in [4.69, 9.17) is 32.3 Å². The Morgan fingerprint density at radius 3 is 0.848 bits per heavy atom. The van der Waals surface area contributed by atoms with Gasteiger partial charge in [0.15, 0.2) is 6.10 Å². The van der Waals surface area contributed by atoms with Crippen molar-refractivity contribution in [3.63, 3.8) is 0 Å². The smallest absolute Gasteiger partial charge is 0.463 e. The number of carbonyl (C=O) groups is 3. The quantitative estimate of drug-likeness (QED) is 0.0146. The van der Waals surface area contributed by atoms with Gasteiger partial charge in [-0.1, -0.05) is 276 Å². The fourth-order valence-corrected chi connectivity index (χ4v) is 11.5. The van der Waals surface area contributed by atoms with E-state index >= 15 is 0 Å². The van der Waals surface area contributed by atoms with E-state index in [1.165, 1.54) is 70.6 Å². The maximum atomic E-state index is 13.0. The molecule has 16 nitrogen and oxygen atoms in total. The number of ether oxygens (including phenoxy) is 3. The number of aliphatic hydroxyl groups is 2. The van der Waals surface area contributed by atoms with Gasteiger partial charge in [-0.2, -0.15) is 0 Å². The van der Waals surface area contributed by atoms with Crippen LogP contribution in [0.5, 0.6) is 0 Å². The standard InChI is InChI=1S/C81H138O16P2/c1-4-7-10-13-16-19-22-25-28-31-34-35-36-37-38-39-42-44-46-49-52-55-58-61-64-67-79(84)91-70-76(82)71-93-98(87,88)94-72-77(83)73-95-99(89,90)96-75-78(97-81(86)69-66-63-60-57-54-51-48-45-41-33-30-27-24-21-18-15-12-9-6-3)74-92-80(85)68-65-62-59-56-53-50-47-43-40-32-29-26-23-20-17-14-11-8-5-2/h8,11,16-21,25-30,34-35,37-38,40-41,43,45,76-78,82-83H,4-7,9-10,12-15,22-24,31-33,36,39,42,44,46-75H2,1-3H3,(H,87,88)(H,89,90)/b11-8-,19-16-,20-17-,21-18-,28-25-,29-26-,30-27-,35-34-,38-37-,43-40-,45-41-. The average molecular weight is 1430 g/mol. The Labute approximate surface area is 601 Å². The summed E-state index contributed by atoms with van der Waals surface area (Å²) in [6, 6.07) is 0. The molecule has 0 aromatic rings. The molecule has 0 aliphatic carbocycles. The highest BCUT2D eigenvalue weighted by molar-refractivity contribution is 7.47. The molecule has 0 aliphatic rings. The lowest BCUT2D eigenvalue weighted by molar-refractivity contribution is -0.161. The number of allylic oxidation sites excluding steroid dienone is 22. The number of carbonyl (C=O) groups excluding carboxylic acids is 3. The van der Waals surface area contributed by atoms with Crippen LogP contribution in [0.3, 0.4) is 0 Å². The van der Waals surface area contributed by atoms with E-state index in [9.17, 15) is 43.5 Å². The Bertz CT molecular complexity index is 2330. The maximum absolute atomic E-state index is 13.0. The summed E-state index contributed by atoms with van der Waals surface area (Å²) in [5, 5.41) is 20.6. The number of rotatable bonds is 72. The molecule has 0 rings (SSSR count). The van der Waals surface area contributed by atoms with Gasteiger partial charge in [-0.05, 0) is 141 Å². The van der Waals surface area contributed by atoms with Gasteiger partial charge in [0.2, 0.25) is 0 Å². The van der Waals surface area contributed by atoms with Crippen LogP contribution in [-0.2, 0) is 55.8 Å². The molecule has 5 atom stereocenters. The van der Waals surface area contributed by atoms with Gasteiger partial charge in [0.05, 0.1) is 26.4 Å². The van der Waals surface area contributed by atoms with Gasteiger partial charge in [-0.3, -0.25) is 32.5 Å². The minimum Gasteiger partial charge on any atom is -0.463 e. The predicted octanol–water partition coefficient (Wildman–Crippen LogP) is 22.3. The summed E-state index contributed by atoms with van der Waals surface area (Å²) >= 11 is 0. The second kappa shape index (κ2) is 73.4. The van der Waals surface area contributed by atoms with Crippen molar-refractivity contribution in [2.75, 3.05) is 39.6 Å². The Morgan fingerprint density at radius 2 is 0.535 bits per heavy atom. The number of unbranched alkanes of at least 4 members (excludes halogenated alkanes) is 27. The molecule has 0 saturated heterocycles. The van der Waals surface area contributed by atoms with E-state index in [0.717, 1.165) is 173 Å². The summed E-state index contributed by atoms with van der Waals surface area (Å²) in [5.74, 6) is -1.61. The number of hydrogen-bond donors (Lipinski definition) is 4. The number of hydrogen-bond acceptors (Lipinski definition) is 14. The van der Waals surface area contributed by atoms with Crippen molar-refractivity contribution in [1.82, 2.24) is 0 Å². The molecule has 0 heterocycles. The first-order valence-corrected chi connectivity index (χ1v) is 41.5. The highest BCUT2D eigenvalue weighted by Crippen LogP contribution is 2.45. The molecule has 0 fully saturated rings. The predicted molar refractivity (Wildman–Crippen MR) is 408 cm³/mol. The zero-order chi connectivity index (χ0) is 72.3. The molecular formula is C81H138O16P2. The molecule has 4 N–H and O–H groups in total. The summed E-state index contributed by atoms with van der Waals surface area (Å²) in [6.45, 7) is 2.48. The Balaban J connectivity index is 4.67. The van der Waals surface area contributed by atoms with Crippen molar-refractivity contribution in [3.8, 4) is 0 Å². The van der Waals surface area contributed by atoms with Crippen LogP contribution in [0.4, 0.5) is 0 Å². The lowest BCUT2D eigenvalue weighted by Gasteiger charge is -2.21. The molecular weight excluding hydrogens is 1290 g/mol. The SMILES string of the molecule is CC/C=C\C/C=C\C/C=C\C/C=C\CCCCCCCCC(=O)OCC(COP(=O)(O)OCC(O)COP(=O)(O)OCC(O)COC(=O)CCCCCCCCCCC/C=C\C/C=C\C/C=C\C/C=C\CCCCC)OC(=O)CCCCCCCC/C=C\C/C=C\C/C=C\CCCCC. The molecule has 0 aliphatic heterocycles. The van der Waals surface area contributed by atoms with E-state index in [1.807, 2.05) is 0 Å². The third kappa shape index (κ3) is 74.7. The summed E-state index contributed by atoms with van der Waals surface area (Å²) < 4.78 is 61.1. The van der Waals surface area contributed by atoms with Gasteiger partial charge < -0.3 is 34.2 Å². The van der Waals surface area contributed by atoms with Gasteiger partial charge in [-0.25, -0.2) is 9.13 Å². The van der Waals surface area contributed by atoms with Crippen molar-refractivity contribution in [2.45, 2.75) is 322 Å². The lowest BCUT2D eigenvalue weighted by Crippen LogP contribution is -2.30. The average Bonchev–Trinajstić information content (AvgIpc) is 2.97. The number of phosphoric acid groups is 2. The van der Waals surface area contributed by atoms with Crippen LogP contribution in [0.15, 0.2) is 134 Å². The number of phosphoric ester groups is 2. The van der Waals surface area contributed by atoms with Gasteiger partial charge in [-0.15, -0.1) is 0 Å². The molecule has 0 amide bonds. The van der Waals surface area contributed by atoms with E-state index in [2.05, 4.69) is 154 Å². The largest absolute Gasteiger partial charge is 0.472 e. The van der Waals surface area contributed by atoms with Crippen LogP contribution in [0.2, 0.25) is 0 Å². The Kier molecular flexibility index (Phi) is 70.2. The second-order valence-corrected chi connectivity index (χ2v) is 28.3. The molecule has 99 heavy (non-hydrogen) atoms. The Morgan fingerprint density at radius 1 is 0.293 bits per heavy atom. The van der Waals surface area contributed by atoms with E-state index in [-0.39, 0.29) is 19.3 Å².